The molecule has 4 nitrogen and oxygen atoms in total. The topological polar surface area (TPSA) is 53.8 Å². The summed E-state index contributed by atoms with van der Waals surface area (Å²) >= 11 is 6.03. The van der Waals surface area contributed by atoms with Crippen molar-refractivity contribution in [3.63, 3.8) is 0 Å². The van der Waals surface area contributed by atoms with Gasteiger partial charge in [-0.1, -0.05) is 35.9 Å². The molecule has 1 aliphatic carbocycles. The van der Waals surface area contributed by atoms with E-state index in [1.165, 1.54) is 0 Å². The van der Waals surface area contributed by atoms with Crippen LogP contribution in [0.15, 0.2) is 58.5 Å². The normalized spacial score (nSPS) is 19.4. The van der Waals surface area contributed by atoms with Gasteiger partial charge in [-0.2, -0.15) is 0 Å². The maximum absolute atomic E-state index is 12.4. The molecule has 1 fully saturated rings. The molecular formula is C20H18ClN3O. The Morgan fingerprint density at radius 2 is 1.68 bits per heavy atom. The second-order valence-electron chi connectivity index (χ2n) is 6.49. The molecule has 0 radical (unpaired) electrons. The lowest BCUT2D eigenvalue weighted by Gasteiger charge is -2.19. The number of nitrogens with one attached hydrogen (secondary N) is 1. The minimum absolute atomic E-state index is 0.0462. The molecule has 0 spiro atoms. The van der Waals surface area contributed by atoms with Gasteiger partial charge in [0.15, 0.2) is 0 Å². The highest BCUT2D eigenvalue weighted by Crippen LogP contribution is 2.35. The lowest BCUT2D eigenvalue weighted by molar-refractivity contribution is -0.120. The van der Waals surface area contributed by atoms with Crippen LogP contribution in [-0.2, 0) is 4.79 Å². The Hall–Kier alpha value is -2.46. The van der Waals surface area contributed by atoms with E-state index >= 15 is 0 Å². The molecule has 1 aliphatic heterocycles. The Balaban J connectivity index is 1.80. The number of carbonyl (C=O) groups is 1. The molecule has 0 unspecified atom stereocenters. The Kier molecular flexibility index (Phi) is 4.14. The lowest BCUT2D eigenvalue weighted by atomic mass is 9.93. The van der Waals surface area contributed by atoms with Crippen LogP contribution in [0, 0.1) is 5.92 Å². The first kappa shape index (κ1) is 16.0. The van der Waals surface area contributed by atoms with Gasteiger partial charge in [0.2, 0.25) is 5.91 Å². The van der Waals surface area contributed by atoms with Gasteiger partial charge in [0, 0.05) is 16.7 Å². The maximum atomic E-state index is 12.4. The fourth-order valence-corrected chi connectivity index (χ4v) is 3.15. The number of carbonyl (C=O) groups excluding carboxylic acids is 1. The number of rotatable bonds is 2. The molecule has 0 saturated heterocycles. The third kappa shape index (κ3) is 3.35. The van der Waals surface area contributed by atoms with Crippen molar-refractivity contribution in [2.24, 2.45) is 15.9 Å². The van der Waals surface area contributed by atoms with Crippen molar-refractivity contribution < 1.29 is 4.79 Å². The molecule has 4 rings (SSSR count). The van der Waals surface area contributed by atoms with Gasteiger partial charge < -0.3 is 5.32 Å². The van der Waals surface area contributed by atoms with E-state index in [0.717, 1.165) is 35.5 Å². The number of nitrogens with zero attached hydrogens (tertiary/aromatic N) is 2. The van der Waals surface area contributed by atoms with Crippen LogP contribution >= 0.6 is 11.6 Å². The van der Waals surface area contributed by atoms with Crippen LogP contribution in [0.1, 0.15) is 31.2 Å². The van der Waals surface area contributed by atoms with E-state index in [1.54, 1.807) is 0 Å². The number of para-hydroxylation sites is 2. The van der Waals surface area contributed by atoms with Crippen molar-refractivity contribution in [1.29, 1.82) is 0 Å². The first-order chi connectivity index (χ1) is 12.1. The third-order valence-electron chi connectivity index (χ3n) is 4.51. The standard InChI is InChI=1S/C20H18ClN3O/c1-12-18(13-8-10-15(21)11-9-13)19(24-20(25)14-6-7-14)23-17-5-3-2-4-16(17)22-12/h2-5,8-11,14,18H,6-7H2,1H3,(H,23,24,25)/t18-/m0/s1. The van der Waals surface area contributed by atoms with E-state index < -0.39 is 0 Å². The SMILES string of the molecule is CC1=Nc2ccccc2N=C(NC(=O)C2CC2)[C@@H]1c1ccc(Cl)cc1. The molecule has 0 bridgehead atoms. The minimum Gasteiger partial charge on any atom is -0.313 e. The third-order valence-corrected chi connectivity index (χ3v) is 4.77. The summed E-state index contributed by atoms with van der Waals surface area (Å²) in [5.41, 5.74) is 3.48. The van der Waals surface area contributed by atoms with Crippen LogP contribution in [0.5, 0.6) is 0 Å². The minimum atomic E-state index is -0.202. The van der Waals surface area contributed by atoms with Crippen LogP contribution in [0.2, 0.25) is 5.02 Å². The molecule has 2 aromatic carbocycles. The summed E-state index contributed by atoms with van der Waals surface area (Å²) < 4.78 is 0. The average Bonchev–Trinajstić information content (AvgIpc) is 3.43. The number of amides is 1. The number of benzene rings is 2. The zero-order chi connectivity index (χ0) is 17.4. The number of aliphatic imine (C=N–C) groups is 2. The molecule has 1 amide bonds. The molecule has 25 heavy (non-hydrogen) atoms. The van der Waals surface area contributed by atoms with Crippen molar-refractivity contribution in [1.82, 2.24) is 5.32 Å². The van der Waals surface area contributed by atoms with Crippen LogP contribution in [0.4, 0.5) is 11.4 Å². The number of halogens is 1. The Bertz CT molecular complexity index is 882. The number of hydrogen-bond acceptors (Lipinski definition) is 3. The van der Waals surface area contributed by atoms with Crippen LogP contribution in [0.25, 0.3) is 0 Å². The highest BCUT2D eigenvalue weighted by Gasteiger charge is 2.33. The van der Waals surface area contributed by atoms with Crippen molar-refractivity contribution in [3.8, 4) is 0 Å². The summed E-state index contributed by atoms with van der Waals surface area (Å²) in [6, 6.07) is 15.3. The van der Waals surface area contributed by atoms with Gasteiger partial charge in [-0.05, 0) is 49.6 Å². The summed E-state index contributed by atoms with van der Waals surface area (Å²) in [7, 11) is 0. The Morgan fingerprint density at radius 1 is 1.04 bits per heavy atom. The predicted octanol–water partition coefficient (Wildman–Crippen LogP) is 4.79. The largest absolute Gasteiger partial charge is 0.313 e. The van der Waals surface area contributed by atoms with Crippen LogP contribution < -0.4 is 5.32 Å². The summed E-state index contributed by atoms with van der Waals surface area (Å²) in [5, 5.41) is 3.73. The second-order valence-corrected chi connectivity index (χ2v) is 6.92. The molecule has 0 aromatic heterocycles. The highest BCUT2D eigenvalue weighted by molar-refractivity contribution is 6.30. The highest BCUT2D eigenvalue weighted by atomic mass is 35.5. The fraction of sp³-hybridized carbons (Fsp3) is 0.250. The van der Waals surface area contributed by atoms with Crippen LogP contribution in [-0.4, -0.2) is 17.5 Å². The van der Waals surface area contributed by atoms with E-state index in [9.17, 15) is 4.79 Å². The van der Waals surface area contributed by atoms with E-state index in [1.807, 2.05) is 55.5 Å². The molecule has 1 N–H and O–H groups in total. The second kappa shape index (κ2) is 6.45. The van der Waals surface area contributed by atoms with Gasteiger partial charge in [-0.3, -0.25) is 9.79 Å². The van der Waals surface area contributed by atoms with Gasteiger partial charge in [0.1, 0.15) is 5.84 Å². The number of hydrogen-bond donors (Lipinski definition) is 1. The summed E-state index contributed by atoms with van der Waals surface area (Å²) in [6.07, 6.45) is 1.91. The summed E-state index contributed by atoms with van der Waals surface area (Å²) in [6.45, 7) is 1.97. The van der Waals surface area contributed by atoms with Gasteiger partial charge in [-0.15, -0.1) is 0 Å². The zero-order valence-corrected chi connectivity index (χ0v) is 14.6. The van der Waals surface area contributed by atoms with E-state index in [-0.39, 0.29) is 17.7 Å². The first-order valence-corrected chi connectivity index (χ1v) is 8.79. The average molecular weight is 352 g/mol. The van der Waals surface area contributed by atoms with E-state index in [0.29, 0.717) is 10.9 Å². The molecule has 1 saturated carbocycles. The summed E-state index contributed by atoms with van der Waals surface area (Å²) in [5.74, 6) is 0.590. The van der Waals surface area contributed by atoms with E-state index in [2.05, 4.69) is 5.32 Å². The number of fused-ring (bicyclic) bond motifs is 1. The summed E-state index contributed by atoms with van der Waals surface area (Å²) in [4.78, 5) is 21.9. The van der Waals surface area contributed by atoms with Gasteiger partial charge in [0.25, 0.3) is 0 Å². The van der Waals surface area contributed by atoms with Crippen molar-refractivity contribution in [3.05, 3.63) is 59.1 Å². The van der Waals surface area contributed by atoms with Crippen molar-refractivity contribution in [2.75, 3.05) is 0 Å². The first-order valence-electron chi connectivity index (χ1n) is 8.41. The van der Waals surface area contributed by atoms with Gasteiger partial charge in [0.05, 0.1) is 17.3 Å². The quantitative estimate of drug-likeness (QED) is 0.831. The predicted molar refractivity (Wildman–Crippen MR) is 101 cm³/mol. The Morgan fingerprint density at radius 3 is 2.32 bits per heavy atom. The van der Waals surface area contributed by atoms with Gasteiger partial charge in [-0.25, -0.2) is 4.99 Å². The monoisotopic (exact) mass is 351 g/mol. The molecule has 126 valence electrons. The Labute approximate surface area is 151 Å². The zero-order valence-electron chi connectivity index (χ0n) is 13.9. The fourth-order valence-electron chi connectivity index (χ4n) is 3.03. The molecule has 5 heteroatoms. The lowest BCUT2D eigenvalue weighted by Crippen LogP contribution is -2.37. The molecular weight excluding hydrogens is 334 g/mol. The molecule has 2 aromatic rings. The molecule has 2 aliphatic rings. The van der Waals surface area contributed by atoms with E-state index in [4.69, 9.17) is 21.6 Å². The smallest absolute Gasteiger partial charge is 0.228 e. The van der Waals surface area contributed by atoms with Crippen molar-refractivity contribution in [2.45, 2.75) is 25.7 Å². The van der Waals surface area contributed by atoms with Gasteiger partial charge >= 0.3 is 0 Å². The molecule has 1 heterocycles. The van der Waals surface area contributed by atoms with Crippen LogP contribution in [0.3, 0.4) is 0 Å². The maximum Gasteiger partial charge on any atom is 0.228 e. The van der Waals surface area contributed by atoms with Crippen molar-refractivity contribution >= 4 is 40.4 Å². The number of amidine groups is 1. The molecule has 1 atom stereocenters.